The lowest BCUT2D eigenvalue weighted by molar-refractivity contribution is 0.0925. The van der Waals surface area contributed by atoms with E-state index in [1.54, 1.807) is 6.07 Å². The molecular weight excluding hydrogens is 383 g/mol. The third kappa shape index (κ3) is 4.25. The second kappa shape index (κ2) is 8.90. The molecular formula is C23H23FN4O2. The van der Waals surface area contributed by atoms with Crippen LogP contribution in [0.15, 0.2) is 54.6 Å². The Labute approximate surface area is 174 Å². The van der Waals surface area contributed by atoms with Crippen LogP contribution in [0, 0.1) is 5.82 Å². The lowest BCUT2D eigenvalue weighted by atomic mass is 10.1. The quantitative estimate of drug-likeness (QED) is 0.617. The van der Waals surface area contributed by atoms with Gasteiger partial charge in [-0.15, -0.1) is 0 Å². The summed E-state index contributed by atoms with van der Waals surface area (Å²) in [7, 11) is 0. The summed E-state index contributed by atoms with van der Waals surface area (Å²) in [6.07, 6.45) is 2.16. The summed E-state index contributed by atoms with van der Waals surface area (Å²) in [6, 6.07) is 15.4. The van der Waals surface area contributed by atoms with Gasteiger partial charge < -0.3 is 15.5 Å². The Hall–Kier alpha value is -3.48. The predicted molar refractivity (Wildman–Crippen MR) is 114 cm³/mol. The van der Waals surface area contributed by atoms with E-state index in [0.717, 1.165) is 36.8 Å². The van der Waals surface area contributed by atoms with Crippen molar-refractivity contribution in [2.75, 3.05) is 31.1 Å². The minimum absolute atomic E-state index is 0.0149. The van der Waals surface area contributed by atoms with Crippen molar-refractivity contribution in [3.05, 3.63) is 71.5 Å². The number of carbonyl (C=O) groups excluding carboxylic acids is 2. The molecule has 1 saturated heterocycles. The highest BCUT2D eigenvalue weighted by molar-refractivity contribution is 6.02. The van der Waals surface area contributed by atoms with Crippen molar-refractivity contribution in [1.29, 1.82) is 0 Å². The van der Waals surface area contributed by atoms with E-state index in [-0.39, 0.29) is 24.6 Å². The number of amides is 2. The van der Waals surface area contributed by atoms with Crippen LogP contribution in [0.25, 0.3) is 10.9 Å². The van der Waals surface area contributed by atoms with Crippen LogP contribution in [-0.2, 0) is 0 Å². The van der Waals surface area contributed by atoms with Crippen LogP contribution in [0.3, 0.4) is 0 Å². The minimum Gasteiger partial charge on any atom is -0.356 e. The van der Waals surface area contributed by atoms with E-state index in [0.29, 0.717) is 11.4 Å². The van der Waals surface area contributed by atoms with Crippen LogP contribution in [0.1, 0.15) is 33.6 Å². The SMILES string of the molecule is O=C(NCCNC(=O)c1cc2ccccc2nc1N1CCCC1)c1ccccc1F. The number of anilines is 1. The van der Waals surface area contributed by atoms with E-state index in [4.69, 9.17) is 4.98 Å². The van der Waals surface area contributed by atoms with Gasteiger partial charge in [-0.25, -0.2) is 9.37 Å². The lowest BCUT2D eigenvalue weighted by Gasteiger charge is -2.20. The molecule has 0 bridgehead atoms. The molecule has 1 aromatic heterocycles. The molecule has 0 saturated carbocycles. The van der Waals surface area contributed by atoms with Gasteiger partial charge in [-0.2, -0.15) is 0 Å². The molecule has 7 heteroatoms. The van der Waals surface area contributed by atoms with Gasteiger partial charge in [-0.1, -0.05) is 30.3 Å². The molecule has 30 heavy (non-hydrogen) atoms. The number of fused-ring (bicyclic) bond motifs is 1. The van der Waals surface area contributed by atoms with Gasteiger partial charge in [0.2, 0.25) is 0 Å². The smallest absolute Gasteiger partial charge is 0.255 e. The Morgan fingerprint density at radius 1 is 0.900 bits per heavy atom. The highest BCUT2D eigenvalue weighted by atomic mass is 19.1. The fraction of sp³-hybridized carbons (Fsp3) is 0.261. The third-order valence-electron chi connectivity index (χ3n) is 5.17. The molecule has 6 nitrogen and oxygen atoms in total. The maximum atomic E-state index is 13.7. The Kier molecular flexibility index (Phi) is 5.88. The monoisotopic (exact) mass is 406 g/mol. The molecule has 4 rings (SSSR count). The van der Waals surface area contributed by atoms with Crippen LogP contribution in [0.5, 0.6) is 0 Å². The number of halogens is 1. The molecule has 1 aliphatic rings. The molecule has 1 aliphatic heterocycles. The van der Waals surface area contributed by atoms with Gasteiger partial charge in [0.15, 0.2) is 0 Å². The van der Waals surface area contributed by atoms with E-state index in [9.17, 15) is 14.0 Å². The molecule has 0 atom stereocenters. The summed E-state index contributed by atoms with van der Waals surface area (Å²) < 4.78 is 13.7. The van der Waals surface area contributed by atoms with Gasteiger partial charge in [0, 0.05) is 31.6 Å². The summed E-state index contributed by atoms with van der Waals surface area (Å²) >= 11 is 0. The Morgan fingerprint density at radius 3 is 2.27 bits per heavy atom. The first-order chi connectivity index (χ1) is 14.6. The first kappa shape index (κ1) is 19.8. The average molecular weight is 406 g/mol. The van der Waals surface area contributed by atoms with Crippen molar-refractivity contribution in [3.8, 4) is 0 Å². The van der Waals surface area contributed by atoms with Gasteiger partial charge >= 0.3 is 0 Å². The first-order valence-corrected chi connectivity index (χ1v) is 10.1. The van der Waals surface area contributed by atoms with Gasteiger partial charge in [0.25, 0.3) is 11.8 Å². The van der Waals surface area contributed by atoms with Crippen LogP contribution < -0.4 is 15.5 Å². The molecule has 2 amide bonds. The molecule has 154 valence electrons. The highest BCUT2D eigenvalue weighted by Crippen LogP contribution is 2.26. The lowest BCUT2D eigenvalue weighted by Crippen LogP contribution is -2.35. The molecule has 0 unspecified atom stereocenters. The summed E-state index contributed by atoms with van der Waals surface area (Å²) in [4.78, 5) is 31.8. The van der Waals surface area contributed by atoms with Gasteiger partial charge in [0.1, 0.15) is 11.6 Å². The number of rotatable bonds is 6. The Balaban J connectivity index is 1.43. The van der Waals surface area contributed by atoms with Gasteiger partial charge in [-0.05, 0) is 37.1 Å². The molecule has 0 aliphatic carbocycles. The number of carbonyl (C=O) groups is 2. The number of benzene rings is 2. The van der Waals surface area contributed by atoms with Crippen LogP contribution in [0.2, 0.25) is 0 Å². The molecule has 0 radical (unpaired) electrons. The van der Waals surface area contributed by atoms with Crippen molar-refractivity contribution in [2.45, 2.75) is 12.8 Å². The molecule has 2 heterocycles. The average Bonchev–Trinajstić information content (AvgIpc) is 3.30. The van der Waals surface area contributed by atoms with E-state index >= 15 is 0 Å². The topological polar surface area (TPSA) is 74.3 Å². The van der Waals surface area contributed by atoms with E-state index in [2.05, 4.69) is 15.5 Å². The highest BCUT2D eigenvalue weighted by Gasteiger charge is 2.22. The zero-order chi connectivity index (χ0) is 20.9. The normalized spacial score (nSPS) is 13.4. The summed E-state index contributed by atoms with van der Waals surface area (Å²) in [5.74, 6) is -0.626. The van der Waals surface area contributed by atoms with Crippen molar-refractivity contribution in [1.82, 2.24) is 15.6 Å². The van der Waals surface area contributed by atoms with E-state index in [1.165, 1.54) is 18.2 Å². The Bertz CT molecular complexity index is 1080. The zero-order valence-corrected chi connectivity index (χ0v) is 16.5. The molecule has 0 spiro atoms. The number of pyridine rings is 1. The molecule has 2 N–H and O–H groups in total. The maximum absolute atomic E-state index is 13.7. The van der Waals surface area contributed by atoms with Crippen LogP contribution in [-0.4, -0.2) is 43.0 Å². The number of hydrogen-bond acceptors (Lipinski definition) is 4. The Morgan fingerprint density at radius 2 is 1.53 bits per heavy atom. The largest absolute Gasteiger partial charge is 0.356 e. The van der Waals surface area contributed by atoms with Crippen molar-refractivity contribution in [3.63, 3.8) is 0 Å². The number of para-hydroxylation sites is 1. The van der Waals surface area contributed by atoms with Crippen molar-refractivity contribution in [2.24, 2.45) is 0 Å². The van der Waals surface area contributed by atoms with Crippen molar-refractivity contribution < 1.29 is 14.0 Å². The fourth-order valence-corrected chi connectivity index (χ4v) is 3.63. The number of nitrogens with zero attached hydrogens (tertiary/aromatic N) is 2. The summed E-state index contributed by atoms with van der Waals surface area (Å²) in [5, 5.41) is 6.36. The maximum Gasteiger partial charge on any atom is 0.255 e. The number of nitrogens with one attached hydrogen (secondary N) is 2. The first-order valence-electron chi connectivity index (χ1n) is 10.1. The standard InChI is InChI=1S/C23H23FN4O2/c24-19-9-3-2-8-17(19)22(29)25-11-12-26-23(30)18-15-16-7-1-4-10-20(16)27-21(18)28-13-5-6-14-28/h1-4,7-10,15H,5-6,11-14H2,(H,25,29)(H,26,30). The molecule has 2 aromatic carbocycles. The second-order valence-corrected chi connectivity index (χ2v) is 7.24. The van der Waals surface area contributed by atoms with E-state index in [1.807, 2.05) is 30.3 Å². The summed E-state index contributed by atoms with van der Waals surface area (Å²) in [5.41, 5.74) is 1.36. The third-order valence-corrected chi connectivity index (χ3v) is 5.17. The van der Waals surface area contributed by atoms with Crippen molar-refractivity contribution >= 4 is 28.5 Å². The predicted octanol–water partition coefficient (Wildman–Crippen LogP) is 3.13. The molecule has 1 fully saturated rings. The van der Waals surface area contributed by atoms with Crippen LogP contribution >= 0.6 is 0 Å². The van der Waals surface area contributed by atoms with Gasteiger partial charge in [-0.3, -0.25) is 9.59 Å². The second-order valence-electron chi connectivity index (χ2n) is 7.24. The number of hydrogen-bond donors (Lipinski definition) is 2. The zero-order valence-electron chi connectivity index (χ0n) is 16.5. The van der Waals surface area contributed by atoms with E-state index < -0.39 is 11.7 Å². The fourth-order valence-electron chi connectivity index (χ4n) is 3.63. The van der Waals surface area contributed by atoms with Gasteiger partial charge in [0.05, 0.1) is 16.6 Å². The van der Waals surface area contributed by atoms with Crippen LogP contribution in [0.4, 0.5) is 10.2 Å². The minimum atomic E-state index is -0.573. The summed E-state index contributed by atoms with van der Waals surface area (Å²) in [6.45, 7) is 2.18. The number of aromatic nitrogens is 1. The molecule has 3 aromatic rings.